The molecule has 0 aromatic heterocycles. The molecule has 15 atom stereocenters. The molecule has 3 aliphatic rings. The van der Waals surface area contributed by atoms with Crippen molar-refractivity contribution in [1.29, 1.82) is 0 Å². The third-order valence-corrected chi connectivity index (χ3v) is 12.2. The zero-order valence-corrected chi connectivity index (χ0v) is 33.3. The van der Waals surface area contributed by atoms with E-state index in [4.69, 9.17) is 37.9 Å². The fraction of sp³-hybridized carbons (Fsp3) is 0.651. The lowest BCUT2D eigenvalue weighted by Gasteiger charge is -2.49. The van der Waals surface area contributed by atoms with Crippen LogP contribution >= 0.6 is 0 Å². The normalized spacial score (nSPS) is 36.9. The summed E-state index contributed by atoms with van der Waals surface area (Å²) in [7, 11) is 1.49. The number of carbonyl (C=O) groups is 3. The van der Waals surface area contributed by atoms with Crippen LogP contribution in [0.25, 0.3) is 0 Å². The molecule has 3 fully saturated rings. The second-order valence-corrected chi connectivity index (χ2v) is 15.4. The van der Waals surface area contributed by atoms with Gasteiger partial charge < -0.3 is 37.9 Å². The van der Waals surface area contributed by atoms with Crippen molar-refractivity contribution in [2.75, 3.05) is 13.7 Å². The SMILES string of the molecule is CCC1CC(OC2C(C)C(COC3OC(CC)C(C)C(C)C3OC(=O)c3ccccc3)OC(OC)C2OC(C)=O)C(OC(=O)c2ccccc2)C(C)C1C. The molecular weight excluding hydrogens is 692 g/mol. The minimum Gasteiger partial charge on any atom is -0.456 e. The van der Waals surface area contributed by atoms with Gasteiger partial charge in [0.15, 0.2) is 24.8 Å². The first-order valence-electron chi connectivity index (χ1n) is 19.7. The van der Waals surface area contributed by atoms with Gasteiger partial charge in [0.1, 0.15) is 12.2 Å². The van der Waals surface area contributed by atoms with Crippen molar-refractivity contribution < 1.29 is 52.3 Å². The largest absolute Gasteiger partial charge is 0.456 e. The number of hydrogen-bond donors (Lipinski definition) is 0. The molecule has 0 bridgehead atoms. The molecule has 298 valence electrons. The molecule has 11 nitrogen and oxygen atoms in total. The van der Waals surface area contributed by atoms with Gasteiger partial charge in [-0.2, -0.15) is 0 Å². The standard InChI is InChI=1S/C43H60O11/c1-10-30-22-34(36(26(5)24(30)3)53-40(45)31-18-14-12-15-19-31)50-37-28(7)35(52-42(47-9)39(37)49-29(8)44)23-48-43-38(27(6)25(4)33(11-2)51-43)54-41(46)32-20-16-13-17-21-32/h12-21,24-28,30,33-39,42-43H,10-11,22-23H2,1-9H3. The summed E-state index contributed by atoms with van der Waals surface area (Å²) in [5, 5.41) is 0. The number of methoxy groups -OCH3 is 1. The maximum absolute atomic E-state index is 13.4. The molecule has 54 heavy (non-hydrogen) atoms. The van der Waals surface area contributed by atoms with E-state index in [1.165, 1.54) is 14.0 Å². The van der Waals surface area contributed by atoms with Crippen LogP contribution in [0.1, 0.15) is 95.4 Å². The number of rotatable bonds is 13. The van der Waals surface area contributed by atoms with Crippen LogP contribution in [-0.2, 0) is 42.7 Å². The summed E-state index contributed by atoms with van der Waals surface area (Å²) in [6, 6.07) is 17.8. The molecule has 2 aliphatic heterocycles. The van der Waals surface area contributed by atoms with E-state index in [-0.39, 0.29) is 42.3 Å². The fourth-order valence-electron chi connectivity index (χ4n) is 8.45. The van der Waals surface area contributed by atoms with Crippen LogP contribution in [0, 0.1) is 35.5 Å². The number of hydrogen-bond acceptors (Lipinski definition) is 11. The predicted octanol–water partition coefficient (Wildman–Crippen LogP) is 7.26. The Morgan fingerprint density at radius 2 is 1.19 bits per heavy atom. The third kappa shape index (κ3) is 9.53. The quantitative estimate of drug-likeness (QED) is 0.152. The van der Waals surface area contributed by atoms with Crippen LogP contribution in [0.5, 0.6) is 0 Å². The van der Waals surface area contributed by atoms with Crippen molar-refractivity contribution in [3.05, 3.63) is 71.8 Å². The molecule has 2 heterocycles. The zero-order valence-electron chi connectivity index (χ0n) is 33.3. The van der Waals surface area contributed by atoms with Gasteiger partial charge in [-0.1, -0.05) is 91.3 Å². The highest BCUT2D eigenvalue weighted by atomic mass is 16.7. The van der Waals surface area contributed by atoms with Gasteiger partial charge in [-0.25, -0.2) is 9.59 Å². The molecule has 0 amide bonds. The van der Waals surface area contributed by atoms with Gasteiger partial charge in [0.05, 0.1) is 36.0 Å². The van der Waals surface area contributed by atoms with Gasteiger partial charge in [-0.3, -0.25) is 4.79 Å². The highest BCUT2D eigenvalue weighted by Crippen LogP contribution is 2.43. The maximum atomic E-state index is 13.4. The van der Waals surface area contributed by atoms with E-state index in [0.717, 1.165) is 12.8 Å². The topological polar surface area (TPSA) is 125 Å². The van der Waals surface area contributed by atoms with Crippen molar-refractivity contribution in [3.63, 3.8) is 0 Å². The third-order valence-electron chi connectivity index (χ3n) is 12.2. The molecule has 2 aromatic rings. The van der Waals surface area contributed by atoms with Crippen LogP contribution in [0.15, 0.2) is 60.7 Å². The molecule has 2 aromatic carbocycles. The summed E-state index contributed by atoms with van der Waals surface area (Å²) in [6.45, 7) is 16.1. The lowest BCUT2D eigenvalue weighted by atomic mass is 9.69. The molecule has 0 N–H and O–H groups in total. The number of carbonyl (C=O) groups excluding carboxylic acids is 3. The zero-order chi connectivity index (χ0) is 39.1. The van der Waals surface area contributed by atoms with E-state index in [1.807, 2.05) is 31.2 Å². The average Bonchev–Trinajstić information content (AvgIpc) is 3.18. The number of esters is 3. The van der Waals surface area contributed by atoms with Crippen molar-refractivity contribution in [1.82, 2.24) is 0 Å². The number of benzene rings is 2. The second-order valence-electron chi connectivity index (χ2n) is 15.4. The second kappa shape index (κ2) is 19.0. The summed E-state index contributed by atoms with van der Waals surface area (Å²) in [4.78, 5) is 39.2. The molecule has 0 radical (unpaired) electrons. The monoisotopic (exact) mass is 752 g/mol. The highest BCUT2D eigenvalue weighted by Gasteiger charge is 2.52. The Kier molecular flexibility index (Phi) is 14.7. The van der Waals surface area contributed by atoms with Gasteiger partial charge in [0, 0.05) is 25.9 Å². The van der Waals surface area contributed by atoms with Gasteiger partial charge in [-0.15, -0.1) is 0 Å². The van der Waals surface area contributed by atoms with Crippen LogP contribution < -0.4 is 0 Å². The molecule has 11 heteroatoms. The Bertz CT molecular complexity index is 1500. The van der Waals surface area contributed by atoms with E-state index < -0.39 is 67.1 Å². The average molecular weight is 753 g/mol. The van der Waals surface area contributed by atoms with Crippen LogP contribution in [0.2, 0.25) is 0 Å². The Hall–Kier alpha value is -3.35. The van der Waals surface area contributed by atoms with E-state index in [9.17, 15) is 14.4 Å². The first-order chi connectivity index (χ1) is 25.9. The maximum Gasteiger partial charge on any atom is 0.338 e. The van der Waals surface area contributed by atoms with Crippen molar-refractivity contribution >= 4 is 17.9 Å². The van der Waals surface area contributed by atoms with E-state index in [2.05, 4.69) is 41.5 Å². The Morgan fingerprint density at radius 3 is 1.72 bits per heavy atom. The highest BCUT2D eigenvalue weighted by molar-refractivity contribution is 5.90. The van der Waals surface area contributed by atoms with E-state index in [1.54, 1.807) is 36.4 Å². The Labute approximate surface area is 320 Å². The van der Waals surface area contributed by atoms with E-state index in [0.29, 0.717) is 23.5 Å². The molecule has 1 saturated carbocycles. The molecule has 0 spiro atoms. The van der Waals surface area contributed by atoms with Gasteiger partial charge in [0.25, 0.3) is 0 Å². The van der Waals surface area contributed by atoms with Crippen LogP contribution in [0.4, 0.5) is 0 Å². The first kappa shape index (κ1) is 41.8. The van der Waals surface area contributed by atoms with Gasteiger partial charge in [0.2, 0.25) is 0 Å². The first-order valence-corrected chi connectivity index (χ1v) is 19.7. The van der Waals surface area contributed by atoms with Crippen molar-refractivity contribution in [2.24, 2.45) is 35.5 Å². The molecule has 5 rings (SSSR count). The fourth-order valence-corrected chi connectivity index (χ4v) is 8.45. The summed E-state index contributed by atoms with van der Waals surface area (Å²) in [6.07, 6.45) is -3.51. The lowest BCUT2D eigenvalue weighted by molar-refractivity contribution is -0.321. The molecular formula is C43H60O11. The Balaban J connectivity index is 1.39. The molecule has 1 aliphatic carbocycles. The Morgan fingerprint density at radius 1 is 0.630 bits per heavy atom. The van der Waals surface area contributed by atoms with Crippen molar-refractivity contribution in [2.45, 2.75) is 130 Å². The van der Waals surface area contributed by atoms with Crippen LogP contribution in [-0.4, -0.2) is 86.9 Å². The molecule has 15 unspecified atom stereocenters. The minimum atomic E-state index is -0.975. The lowest BCUT2D eigenvalue weighted by Crippen LogP contribution is -2.61. The summed E-state index contributed by atoms with van der Waals surface area (Å²) >= 11 is 0. The molecule has 2 saturated heterocycles. The van der Waals surface area contributed by atoms with Gasteiger partial charge >= 0.3 is 17.9 Å². The smallest absolute Gasteiger partial charge is 0.338 e. The van der Waals surface area contributed by atoms with Gasteiger partial charge in [-0.05, 0) is 60.8 Å². The predicted molar refractivity (Wildman–Crippen MR) is 200 cm³/mol. The number of ether oxygens (including phenoxy) is 8. The van der Waals surface area contributed by atoms with E-state index >= 15 is 0 Å². The van der Waals surface area contributed by atoms with Crippen molar-refractivity contribution in [3.8, 4) is 0 Å². The summed E-state index contributed by atoms with van der Waals surface area (Å²) < 4.78 is 50.5. The summed E-state index contributed by atoms with van der Waals surface area (Å²) in [5.41, 5.74) is 0.913. The summed E-state index contributed by atoms with van der Waals surface area (Å²) in [5.74, 6) is -1.08. The van der Waals surface area contributed by atoms with Crippen LogP contribution in [0.3, 0.4) is 0 Å². The minimum absolute atomic E-state index is 0.00379.